The highest BCUT2D eigenvalue weighted by Gasteiger charge is 2.28. The van der Waals surface area contributed by atoms with Crippen LogP contribution < -0.4 is 21.5 Å². The Bertz CT molecular complexity index is 1300. The molecule has 33 heavy (non-hydrogen) atoms. The van der Waals surface area contributed by atoms with Crippen LogP contribution in [0.2, 0.25) is 0 Å². The zero-order valence-corrected chi connectivity index (χ0v) is 17.4. The summed E-state index contributed by atoms with van der Waals surface area (Å²) in [5.41, 5.74) is 0.702. The van der Waals surface area contributed by atoms with Gasteiger partial charge in [-0.25, -0.2) is 9.89 Å². The second-order valence-corrected chi connectivity index (χ2v) is 7.30. The molecule has 168 valence electrons. The van der Waals surface area contributed by atoms with Gasteiger partial charge in [0.05, 0.1) is 18.5 Å². The van der Waals surface area contributed by atoms with Crippen LogP contribution in [0.3, 0.4) is 0 Å². The Balaban J connectivity index is 1.32. The lowest BCUT2D eigenvalue weighted by molar-refractivity contribution is -0.125. The highest BCUT2D eigenvalue weighted by atomic mass is 16.2. The number of carbonyl (C=O) groups excluding carboxylic acids is 4. The number of carbonyl (C=O) groups is 4. The van der Waals surface area contributed by atoms with E-state index in [1.54, 1.807) is 48.5 Å². The number of fused-ring (bicyclic) bond motifs is 1. The Morgan fingerprint density at radius 2 is 1.67 bits per heavy atom. The number of nitrogens with zero attached hydrogens (tertiary/aromatic N) is 2. The van der Waals surface area contributed by atoms with Crippen molar-refractivity contribution >= 4 is 34.5 Å². The van der Waals surface area contributed by atoms with Crippen LogP contribution in [0.4, 0.5) is 4.79 Å². The molecule has 0 aliphatic carbocycles. The molecule has 2 aromatic carbocycles. The van der Waals surface area contributed by atoms with E-state index in [2.05, 4.69) is 26.1 Å². The maximum Gasteiger partial charge on any atom is 0.324 e. The van der Waals surface area contributed by atoms with E-state index in [0.29, 0.717) is 21.9 Å². The van der Waals surface area contributed by atoms with Gasteiger partial charge in [0.1, 0.15) is 0 Å². The number of H-pyrrole nitrogens is 1. The topological polar surface area (TPSA) is 153 Å². The maximum absolute atomic E-state index is 12.5. The Labute approximate surface area is 187 Å². The molecule has 4 N–H and O–H groups in total. The lowest BCUT2D eigenvalue weighted by atomic mass is 10.1. The van der Waals surface area contributed by atoms with Crippen molar-refractivity contribution in [2.24, 2.45) is 0 Å². The standard InChI is InChI=1S/C22H20N6O5/c29-17-11-25-22(33)28(17)12-13-4-3-5-14(10-13)19(30)23-8-9-24-21(32)18-15-6-1-2-7-16(15)20(31)27-26-18/h1-7,10H,8-9,11-12H2,(H,23,30)(H,24,32)(H,25,33)(H,27,31). The monoisotopic (exact) mass is 448 g/mol. The molecule has 1 saturated heterocycles. The molecule has 0 radical (unpaired) electrons. The van der Waals surface area contributed by atoms with Crippen LogP contribution in [0.25, 0.3) is 10.8 Å². The van der Waals surface area contributed by atoms with Gasteiger partial charge in [-0.05, 0) is 23.8 Å². The lowest BCUT2D eigenvalue weighted by Crippen LogP contribution is -2.35. The van der Waals surface area contributed by atoms with Gasteiger partial charge in [0.15, 0.2) is 5.69 Å². The molecule has 1 fully saturated rings. The average Bonchev–Trinajstić information content (AvgIpc) is 3.14. The first kappa shape index (κ1) is 21.7. The van der Waals surface area contributed by atoms with Crippen molar-refractivity contribution in [3.8, 4) is 0 Å². The number of rotatable bonds is 7. The molecule has 0 saturated carbocycles. The summed E-state index contributed by atoms with van der Waals surface area (Å²) in [4.78, 5) is 61.3. The number of hydrogen-bond acceptors (Lipinski definition) is 6. The second kappa shape index (κ2) is 9.30. The zero-order chi connectivity index (χ0) is 23.4. The molecule has 1 aliphatic heterocycles. The summed E-state index contributed by atoms with van der Waals surface area (Å²) in [6.45, 7) is 0.335. The molecule has 1 aliphatic rings. The highest BCUT2D eigenvalue weighted by molar-refractivity contribution is 6.04. The number of urea groups is 1. The third-order valence-electron chi connectivity index (χ3n) is 5.07. The van der Waals surface area contributed by atoms with E-state index >= 15 is 0 Å². The molecular formula is C22H20N6O5. The number of aromatic amines is 1. The predicted molar refractivity (Wildman–Crippen MR) is 117 cm³/mol. The molecule has 11 nitrogen and oxygen atoms in total. The quantitative estimate of drug-likeness (QED) is 0.298. The molecule has 3 aromatic rings. The van der Waals surface area contributed by atoms with Crippen LogP contribution in [0.15, 0.2) is 53.3 Å². The molecule has 0 bridgehead atoms. The summed E-state index contributed by atoms with van der Waals surface area (Å²) in [6.07, 6.45) is 0. The van der Waals surface area contributed by atoms with Crippen LogP contribution in [0.5, 0.6) is 0 Å². The number of nitrogens with one attached hydrogen (secondary N) is 4. The van der Waals surface area contributed by atoms with Crippen molar-refractivity contribution in [3.63, 3.8) is 0 Å². The van der Waals surface area contributed by atoms with Gasteiger partial charge in [0, 0.05) is 24.0 Å². The lowest BCUT2D eigenvalue weighted by Gasteiger charge is -2.13. The molecule has 11 heteroatoms. The molecule has 0 unspecified atom stereocenters. The maximum atomic E-state index is 12.5. The molecule has 1 aromatic heterocycles. The summed E-state index contributed by atoms with van der Waals surface area (Å²) in [5.74, 6) is -1.17. The van der Waals surface area contributed by atoms with Crippen LogP contribution >= 0.6 is 0 Å². The molecule has 0 spiro atoms. The van der Waals surface area contributed by atoms with Gasteiger partial charge in [-0.3, -0.25) is 24.1 Å². The normalized spacial score (nSPS) is 13.2. The minimum atomic E-state index is -0.479. The second-order valence-electron chi connectivity index (χ2n) is 7.30. The smallest absolute Gasteiger partial charge is 0.324 e. The van der Waals surface area contributed by atoms with Crippen molar-refractivity contribution in [1.82, 2.24) is 31.0 Å². The Kier molecular flexibility index (Phi) is 6.11. The van der Waals surface area contributed by atoms with Gasteiger partial charge in [-0.15, -0.1) is 0 Å². The SMILES string of the molecule is O=C(NCCNC(=O)c1n[nH]c(=O)c2ccccc12)c1cccc(CN2C(=O)CNC2=O)c1. The molecule has 0 atom stereocenters. The number of benzene rings is 2. The fourth-order valence-electron chi connectivity index (χ4n) is 3.43. The van der Waals surface area contributed by atoms with Crippen LogP contribution in [0.1, 0.15) is 26.4 Å². The van der Waals surface area contributed by atoms with E-state index in [4.69, 9.17) is 0 Å². The summed E-state index contributed by atoms with van der Waals surface area (Å²) in [6, 6.07) is 12.8. The van der Waals surface area contributed by atoms with Gasteiger partial charge >= 0.3 is 6.03 Å². The van der Waals surface area contributed by atoms with Gasteiger partial charge < -0.3 is 16.0 Å². The van der Waals surface area contributed by atoms with E-state index in [0.717, 1.165) is 4.90 Å². The van der Waals surface area contributed by atoms with Crippen molar-refractivity contribution in [1.29, 1.82) is 0 Å². The summed E-state index contributed by atoms with van der Waals surface area (Å²) < 4.78 is 0. The van der Waals surface area contributed by atoms with Crippen molar-refractivity contribution in [2.75, 3.05) is 19.6 Å². The highest BCUT2D eigenvalue weighted by Crippen LogP contribution is 2.12. The third-order valence-corrected chi connectivity index (χ3v) is 5.07. The van der Waals surface area contributed by atoms with Gasteiger partial charge in [0.25, 0.3) is 17.4 Å². The first-order valence-electron chi connectivity index (χ1n) is 10.1. The summed E-state index contributed by atoms with van der Waals surface area (Å²) in [7, 11) is 0. The Hall–Kier alpha value is -4.54. The number of hydrogen-bond donors (Lipinski definition) is 4. The molecule has 2 heterocycles. The van der Waals surface area contributed by atoms with Gasteiger partial charge in [0.2, 0.25) is 5.91 Å². The fourth-order valence-corrected chi connectivity index (χ4v) is 3.43. The van der Waals surface area contributed by atoms with Crippen molar-refractivity contribution < 1.29 is 19.2 Å². The van der Waals surface area contributed by atoms with Crippen molar-refractivity contribution in [2.45, 2.75) is 6.54 Å². The van der Waals surface area contributed by atoms with E-state index in [9.17, 15) is 24.0 Å². The number of amides is 5. The Morgan fingerprint density at radius 1 is 0.939 bits per heavy atom. The summed E-state index contributed by atoms with van der Waals surface area (Å²) >= 11 is 0. The van der Waals surface area contributed by atoms with E-state index in [1.807, 2.05) is 0 Å². The van der Waals surface area contributed by atoms with Crippen molar-refractivity contribution in [3.05, 3.63) is 75.7 Å². The number of aromatic nitrogens is 2. The largest absolute Gasteiger partial charge is 0.350 e. The van der Waals surface area contributed by atoms with Gasteiger partial charge in [-0.2, -0.15) is 5.10 Å². The predicted octanol–water partition coefficient (Wildman–Crippen LogP) is 0.135. The van der Waals surface area contributed by atoms with Crippen LogP contribution in [-0.2, 0) is 11.3 Å². The molecule has 4 rings (SSSR count). The number of imide groups is 1. The van der Waals surface area contributed by atoms with E-state index in [1.165, 1.54) is 0 Å². The minimum Gasteiger partial charge on any atom is -0.350 e. The molecule has 5 amide bonds. The first-order valence-corrected chi connectivity index (χ1v) is 10.1. The first-order chi connectivity index (χ1) is 15.9. The fraction of sp³-hybridized carbons (Fsp3) is 0.182. The Morgan fingerprint density at radius 3 is 2.39 bits per heavy atom. The van der Waals surface area contributed by atoms with E-state index < -0.39 is 11.9 Å². The van der Waals surface area contributed by atoms with Crippen LogP contribution in [-0.4, -0.2) is 58.5 Å². The average molecular weight is 448 g/mol. The van der Waals surface area contributed by atoms with E-state index in [-0.39, 0.29) is 49.2 Å². The van der Waals surface area contributed by atoms with Crippen LogP contribution in [0, 0.1) is 0 Å². The third kappa shape index (κ3) is 4.71. The minimum absolute atomic E-state index is 0.0326. The summed E-state index contributed by atoms with van der Waals surface area (Å²) in [5, 5.41) is 14.7. The molecular weight excluding hydrogens is 428 g/mol. The zero-order valence-electron chi connectivity index (χ0n) is 17.4. The van der Waals surface area contributed by atoms with Gasteiger partial charge in [-0.1, -0.05) is 30.3 Å².